The highest BCUT2D eigenvalue weighted by molar-refractivity contribution is 5.55. The maximum Gasteiger partial charge on any atom is 0.163 e. The van der Waals surface area contributed by atoms with Crippen LogP contribution in [0, 0.1) is 0 Å². The summed E-state index contributed by atoms with van der Waals surface area (Å²) in [4.78, 5) is 0. The third-order valence-electron chi connectivity index (χ3n) is 3.34. The molecule has 0 bridgehead atoms. The van der Waals surface area contributed by atoms with Crippen LogP contribution in [0.15, 0.2) is 18.2 Å². The first-order valence-electron chi connectivity index (χ1n) is 6.95. The van der Waals surface area contributed by atoms with Gasteiger partial charge in [0.2, 0.25) is 0 Å². The summed E-state index contributed by atoms with van der Waals surface area (Å²) in [5.41, 5.74) is 1.08. The standard InChI is InChI=1S/C15H23NO3/c1-4-18-14-7-6-11(10-15(14)19-5-2)16-12-8-13(9-12)17-3/h6-7,10,12-13,16H,4-5,8-9H2,1-3H3. The lowest BCUT2D eigenvalue weighted by molar-refractivity contribution is 0.0328. The quantitative estimate of drug-likeness (QED) is 0.822. The van der Waals surface area contributed by atoms with Gasteiger partial charge in [0.15, 0.2) is 11.5 Å². The van der Waals surface area contributed by atoms with E-state index in [0.717, 1.165) is 30.0 Å². The fraction of sp³-hybridized carbons (Fsp3) is 0.600. The van der Waals surface area contributed by atoms with Gasteiger partial charge < -0.3 is 19.5 Å². The molecule has 1 N–H and O–H groups in total. The van der Waals surface area contributed by atoms with Gasteiger partial charge in [-0.25, -0.2) is 0 Å². The van der Waals surface area contributed by atoms with E-state index < -0.39 is 0 Å². The second kappa shape index (κ2) is 6.66. The van der Waals surface area contributed by atoms with Crippen LogP contribution in [0.2, 0.25) is 0 Å². The number of rotatable bonds is 7. The molecule has 4 heteroatoms. The molecule has 1 aromatic rings. The molecule has 0 radical (unpaired) electrons. The first-order valence-corrected chi connectivity index (χ1v) is 6.95. The molecule has 2 rings (SSSR count). The summed E-state index contributed by atoms with van der Waals surface area (Å²) in [5, 5.41) is 3.50. The second-order valence-corrected chi connectivity index (χ2v) is 4.70. The molecule has 0 atom stereocenters. The molecule has 0 heterocycles. The van der Waals surface area contributed by atoms with E-state index in [1.165, 1.54) is 0 Å². The van der Waals surface area contributed by atoms with Crippen LogP contribution in [-0.4, -0.2) is 32.5 Å². The third kappa shape index (κ3) is 3.53. The molecule has 0 saturated heterocycles. The van der Waals surface area contributed by atoms with E-state index in [2.05, 4.69) is 5.32 Å². The Balaban J connectivity index is 1.99. The van der Waals surface area contributed by atoms with Crippen molar-refractivity contribution in [1.29, 1.82) is 0 Å². The lowest BCUT2D eigenvalue weighted by Crippen LogP contribution is -2.40. The van der Waals surface area contributed by atoms with Gasteiger partial charge in [0.1, 0.15) is 0 Å². The minimum atomic E-state index is 0.409. The van der Waals surface area contributed by atoms with Crippen LogP contribution in [0.5, 0.6) is 11.5 Å². The predicted molar refractivity (Wildman–Crippen MR) is 76.2 cm³/mol. The van der Waals surface area contributed by atoms with Crippen molar-refractivity contribution in [3.8, 4) is 11.5 Å². The van der Waals surface area contributed by atoms with E-state index in [1.54, 1.807) is 7.11 Å². The molecule has 0 amide bonds. The summed E-state index contributed by atoms with van der Waals surface area (Å²) in [6, 6.07) is 6.50. The van der Waals surface area contributed by atoms with Crippen molar-refractivity contribution in [2.24, 2.45) is 0 Å². The number of hydrogen-bond acceptors (Lipinski definition) is 4. The van der Waals surface area contributed by atoms with Crippen LogP contribution in [0.1, 0.15) is 26.7 Å². The van der Waals surface area contributed by atoms with Crippen molar-refractivity contribution in [1.82, 2.24) is 0 Å². The van der Waals surface area contributed by atoms with Crippen LogP contribution in [0.4, 0.5) is 5.69 Å². The average Bonchev–Trinajstić information content (AvgIpc) is 2.36. The van der Waals surface area contributed by atoms with Gasteiger partial charge >= 0.3 is 0 Å². The molecular formula is C15H23NO3. The number of ether oxygens (including phenoxy) is 3. The number of nitrogens with one attached hydrogen (secondary N) is 1. The fourth-order valence-corrected chi connectivity index (χ4v) is 2.25. The number of benzene rings is 1. The van der Waals surface area contributed by atoms with Gasteiger partial charge in [0.25, 0.3) is 0 Å². The van der Waals surface area contributed by atoms with E-state index in [0.29, 0.717) is 25.4 Å². The summed E-state index contributed by atoms with van der Waals surface area (Å²) < 4.78 is 16.5. The molecule has 19 heavy (non-hydrogen) atoms. The number of hydrogen-bond donors (Lipinski definition) is 1. The maximum atomic E-state index is 5.62. The van der Waals surface area contributed by atoms with Crippen molar-refractivity contribution >= 4 is 5.69 Å². The third-order valence-corrected chi connectivity index (χ3v) is 3.34. The fourth-order valence-electron chi connectivity index (χ4n) is 2.25. The van der Waals surface area contributed by atoms with E-state index in [-0.39, 0.29) is 0 Å². The summed E-state index contributed by atoms with van der Waals surface area (Å²) in [6.07, 6.45) is 2.54. The zero-order valence-electron chi connectivity index (χ0n) is 11.9. The predicted octanol–water partition coefficient (Wildman–Crippen LogP) is 3.07. The molecule has 1 saturated carbocycles. The summed E-state index contributed by atoms with van der Waals surface area (Å²) >= 11 is 0. The highest BCUT2D eigenvalue weighted by Crippen LogP contribution is 2.33. The van der Waals surface area contributed by atoms with Crippen LogP contribution < -0.4 is 14.8 Å². The molecule has 0 aromatic heterocycles. The summed E-state index contributed by atoms with van der Waals surface area (Å²) in [6.45, 7) is 5.23. The van der Waals surface area contributed by atoms with Crippen LogP contribution in [0.3, 0.4) is 0 Å². The zero-order valence-corrected chi connectivity index (χ0v) is 11.9. The maximum absolute atomic E-state index is 5.62. The summed E-state index contributed by atoms with van der Waals surface area (Å²) in [5.74, 6) is 1.61. The molecule has 1 aliphatic carbocycles. The SMILES string of the molecule is CCOc1ccc(NC2CC(OC)C2)cc1OCC. The largest absolute Gasteiger partial charge is 0.490 e. The molecule has 0 aliphatic heterocycles. The van der Waals surface area contributed by atoms with Crippen molar-refractivity contribution in [2.45, 2.75) is 38.8 Å². The normalized spacial score (nSPS) is 21.6. The first-order chi connectivity index (χ1) is 9.26. The number of methoxy groups -OCH3 is 1. The Morgan fingerprint density at radius 1 is 1.11 bits per heavy atom. The minimum Gasteiger partial charge on any atom is -0.490 e. The van der Waals surface area contributed by atoms with Crippen LogP contribution >= 0.6 is 0 Å². The average molecular weight is 265 g/mol. The lowest BCUT2D eigenvalue weighted by Gasteiger charge is -2.35. The van der Waals surface area contributed by atoms with Crippen molar-refractivity contribution < 1.29 is 14.2 Å². The highest BCUT2D eigenvalue weighted by Gasteiger charge is 2.28. The molecule has 1 fully saturated rings. The van der Waals surface area contributed by atoms with Crippen LogP contribution in [0.25, 0.3) is 0 Å². The van der Waals surface area contributed by atoms with Gasteiger partial charge in [-0.15, -0.1) is 0 Å². The van der Waals surface area contributed by atoms with Gasteiger partial charge in [0, 0.05) is 24.9 Å². The Labute approximate surface area is 115 Å². The molecular weight excluding hydrogens is 242 g/mol. The van der Waals surface area contributed by atoms with Gasteiger partial charge in [0.05, 0.1) is 19.3 Å². The second-order valence-electron chi connectivity index (χ2n) is 4.70. The molecule has 0 unspecified atom stereocenters. The van der Waals surface area contributed by atoms with Gasteiger partial charge in [-0.3, -0.25) is 0 Å². The molecule has 4 nitrogen and oxygen atoms in total. The topological polar surface area (TPSA) is 39.7 Å². The highest BCUT2D eigenvalue weighted by atomic mass is 16.5. The zero-order chi connectivity index (χ0) is 13.7. The van der Waals surface area contributed by atoms with Crippen molar-refractivity contribution in [2.75, 3.05) is 25.6 Å². The van der Waals surface area contributed by atoms with Crippen molar-refractivity contribution in [3.05, 3.63) is 18.2 Å². The Morgan fingerprint density at radius 3 is 2.42 bits per heavy atom. The Morgan fingerprint density at radius 2 is 1.79 bits per heavy atom. The molecule has 106 valence electrons. The monoisotopic (exact) mass is 265 g/mol. The van der Waals surface area contributed by atoms with E-state index in [4.69, 9.17) is 14.2 Å². The minimum absolute atomic E-state index is 0.409. The Kier molecular flexibility index (Phi) is 4.91. The number of anilines is 1. The Bertz CT molecular complexity index is 402. The van der Waals surface area contributed by atoms with Crippen LogP contribution in [-0.2, 0) is 4.74 Å². The van der Waals surface area contributed by atoms with Gasteiger partial charge in [-0.05, 0) is 38.8 Å². The smallest absolute Gasteiger partial charge is 0.163 e. The summed E-state index contributed by atoms with van der Waals surface area (Å²) in [7, 11) is 1.77. The van der Waals surface area contributed by atoms with E-state index in [9.17, 15) is 0 Å². The van der Waals surface area contributed by atoms with Gasteiger partial charge in [-0.2, -0.15) is 0 Å². The van der Waals surface area contributed by atoms with E-state index >= 15 is 0 Å². The molecule has 1 aromatic carbocycles. The molecule has 0 spiro atoms. The Hall–Kier alpha value is -1.42. The first kappa shape index (κ1) is 14.0. The van der Waals surface area contributed by atoms with Gasteiger partial charge in [-0.1, -0.05) is 0 Å². The van der Waals surface area contributed by atoms with E-state index in [1.807, 2.05) is 32.0 Å². The molecule has 1 aliphatic rings. The lowest BCUT2D eigenvalue weighted by atomic mass is 9.89. The van der Waals surface area contributed by atoms with Crippen molar-refractivity contribution in [3.63, 3.8) is 0 Å².